The largest absolute Gasteiger partial charge is 0.322 e. The summed E-state index contributed by atoms with van der Waals surface area (Å²) in [7, 11) is 2.06. The maximum atomic E-state index is 14.7. The van der Waals surface area contributed by atoms with E-state index in [2.05, 4.69) is 17.3 Å². The second kappa shape index (κ2) is 6.46. The molecule has 1 aromatic carbocycles. The zero-order valence-electron chi connectivity index (χ0n) is 14.8. The Morgan fingerprint density at radius 2 is 1.85 bits per heavy atom. The van der Waals surface area contributed by atoms with Gasteiger partial charge in [-0.2, -0.15) is 0 Å². The van der Waals surface area contributed by atoms with Gasteiger partial charge in [-0.15, -0.1) is 0 Å². The highest BCUT2D eigenvalue weighted by Gasteiger charge is 2.39. The van der Waals surface area contributed by atoms with Crippen LogP contribution in [0.3, 0.4) is 0 Å². The van der Waals surface area contributed by atoms with Crippen molar-refractivity contribution in [3.05, 3.63) is 34.6 Å². The van der Waals surface area contributed by atoms with Gasteiger partial charge in [-0.1, -0.05) is 6.07 Å². The molecule has 2 fully saturated rings. The highest BCUT2D eigenvalue weighted by Crippen LogP contribution is 2.35. The van der Waals surface area contributed by atoms with Gasteiger partial charge in [0.2, 0.25) is 11.8 Å². The van der Waals surface area contributed by atoms with Crippen molar-refractivity contribution in [2.45, 2.75) is 44.2 Å². The van der Waals surface area contributed by atoms with Crippen molar-refractivity contribution in [2.75, 3.05) is 20.1 Å². The van der Waals surface area contributed by atoms with Crippen molar-refractivity contribution in [3.8, 4) is 0 Å². The van der Waals surface area contributed by atoms with Gasteiger partial charge in [0.1, 0.15) is 11.9 Å². The number of nitrogens with zero attached hydrogens (tertiary/aromatic N) is 2. The second-order valence-electron chi connectivity index (χ2n) is 7.51. The van der Waals surface area contributed by atoms with Crippen molar-refractivity contribution >= 4 is 17.7 Å². The number of hydrogen-bond donors (Lipinski definition) is 1. The quantitative estimate of drug-likeness (QED) is 0.811. The van der Waals surface area contributed by atoms with Gasteiger partial charge in [0.05, 0.1) is 0 Å². The van der Waals surface area contributed by atoms with Crippen LogP contribution in [0.25, 0.3) is 0 Å². The van der Waals surface area contributed by atoms with Crippen LogP contribution in [0.4, 0.5) is 4.39 Å². The summed E-state index contributed by atoms with van der Waals surface area (Å²) in [6.45, 7) is 2.16. The van der Waals surface area contributed by atoms with E-state index in [1.54, 1.807) is 0 Å². The number of carbonyl (C=O) groups excluding carboxylic acids is 3. The van der Waals surface area contributed by atoms with Crippen LogP contribution >= 0.6 is 0 Å². The average molecular weight is 359 g/mol. The molecule has 3 aliphatic rings. The number of fused-ring (bicyclic) bond motifs is 1. The van der Waals surface area contributed by atoms with Gasteiger partial charge in [-0.05, 0) is 62.5 Å². The molecule has 7 heteroatoms. The Hall–Kier alpha value is -2.28. The summed E-state index contributed by atoms with van der Waals surface area (Å²) in [6.07, 6.45) is 2.33. The monoisotopic (exact) mass is 359 g/mol. The predicted octanol–water partition coefficient (Wildman–Crippen LogP) is 1.40. The number of imide groups is 1. The van der Waals surface area contributed by atoms with Gasteiger partial charge in [0.15, 0.2) is 0 Å². The van der Waals surface area contributed by atoms with Gasteiger partial charge in [0.25, 0.3) is 5.91 Å². The average Bonchev–Trinajstić information content (AvgIpc) is 2.91. The Balaban J connectivity index is 1.58. The van der Waals surface area contributed by atoms with Crippen LogP contribution in [0.1, 0.15) is 53.1 Å². The number of piperidine rings is 2. The third kappa shape index (κ3) is 2.90. The van der Waals surface area contributed by atoms with E-state index in [1.807, 2.05) is 6.07 Å². The third-order valence-corrected chi connectivity index (χ3v) is 5.80. The number of amides is 3. The molecule has 1 atom stereocenters. The standard InChI is InChI=1S/C19H22FN3O3/c1-22-6-4-11(5-7-22)13-8-12-10-23(19(26)14(12)9-15(13)20)16-2-3-17(24)21-18(16)25/h8-9,11,16H,2-7,10H2,1H3,(H,21,24,25). The summed E-state index contributed by atoms with van der Waals surface area (Å²) in [6, 6.07) is 2.48. The first-order valence-electron chi connectivity index (χ1n) is 9.09. The van der Waals surface area contributed by atoms with Gasteiger partial charge >= 0.3 is 0 Å². The van der Waals surface area contributed by atoms with Gasteiger partial charge in [-0.25, -0.2) is 4.39 Å². The van der Waals surface area contributed by atoms with E-state index >= 15 is 0 Å². The lowest BCUT2D eigenvalue weighted by Gasteiger charge is -2.29. The Morgan fingerprint density at radius 3 is 2.54 bits per heavy atom. The molecule has 0 radical (unpaired) electrons. The van der Waals surface area contributed by atoms with Crippen LogP contribution in [0.15, 0.2) is 12.1 Å². The zero-order chi connectivity index (χ0) is 18.4. The Bertz CT molecular complexity index is 786. The van der Waals surface area contributed by atoms with E-state index in [-0.39, 0.29) is 30.0 Å². The molecule has 2 saturated heterocycles. The first-order valence-corrected chi connectivity index (χ1v) is 9.09. The van der Waals surface area contributed by atoms with E-state index in [4.69, 9.17) is 0 Å². The number of hydrogen-bond acceptors (Lipinski definition) is 4. The van der Waals surface area contributed by atoms with Crippen LogP contribution in [-0.4, -0.2) is 53.7 Å². The molecule has 0 bridgehead atoms. The first kappa shape index (κ1) is 17.1. The lowest BCUT2D eigenvalue weighted by molar-refractivity contribution is -0.136. The predicted molar refractivity (Wildman–Crippen MR) is 91.9 cm³/mol. The molecule has 138 valence electrons. The fourth-order valence-corrected chi connectivity index (χ4v) is 4.24. The molecular formula is C19H22FN3O3. The number of nitrogens with one attached hydrogen (secondary N) is 1. The van der Waals surface area contributed by atoms with Crippen molar-refractivity contribution in [1.82, 2.24) is 15.1 Å². The fraction of sp³-hybridized carbons (Fsp3) is 0.526. The van der Waals surface area contributed by atoms with E-state index in [9.17, 15) is 18.8 Å². The molecule has 26 heavy (non-hydrogen) atoms. The maximum absolute atomic E-state index is 14.7. The van der Waals surface area contributed by atoms with Crippen molar-refractivity contribution < 1.29 is 18.8 Å². The Labute approximate surface area is 151 Å². The molecule has 0 saturated carbocycles. The lowest BCUT2D eigenvalue weighted by atomic mass is 9.87. The van der Waals surface area contributed by atoms with E-state index in [0.717, 1.165) is 31.5 Å². The fourth-order valence-electron chi connectivity index (χ4n) is 4.24. The molecule has 0 aliphatic carbocycles. The van der Waals surface area contributed by atoms with Crippen LogP contribution in [0.5, 0.6) is 0 Å². The van der Waals surface area contributed by atoms with Gasteiger partial charge in [0, 0.05) is 18.5 Å². The summed E-state index contributed by atoms with van der Waals surface area (Å²) in [5, 5.41) is 2.28. The minimum Gasteiger partial charge on any atom is -0.322 e. The van der Waals surface area contributed by atoms with Crippen LogP contribution in [-0.2, 0) is 16.1 Å². The molecule has 3 heterocycles. The number of benzene rings is 1. The SMILES string of the molecule is CN1CCC(c2cc3c(cc2F)C(=O)N(C2CCC(=O)NC2=O)C3)CC1. The Morgan fingerprint density at radius 1 is 1.12 bits per heavy atom. The molecule has 4 rings (SSSR count). The van der Waals surface area contributed by atoms with E-state index in [1.165, 1.54) is 11.0 Å². The van der Waals surface area contributed by atoms with E-state index in [0.29, 0.717) is 24.1 Å². The minimum absolute atomic E-state index is 0.163. The third-order valence-electron chi connectivity index (χ3n) is 5.80. The molecule has 3 amide bonds. The van der Waals surface area contributed by atoms with Crippen molar-refractivity contribution in [1.29, 1.82) is 0 Å². The Kier molecular flexibility index (Phi) is 4.26. The molecule has 1 unspecified atom stereocenters. The normalized spacial score (nSPS) is 24.8. The summed E-state index contributed by atoms with van der Waals surface area (Å²) >= 11 is 0. The number of halogens is 1. The first-order chi connectivity index (χ1) is 12.4. The summed E-state index contributed by atoms with van der Waals surface area (Å²) in [4.78, 5) is 39.8. The minimum atomic E-state index is -0.664. The van der Waals surface area contributed by atoms with Crippen molar-refractivity contribution in [3.63, 3.8) is 0 Å². The van der Waals surface area contributed by atoms with Gasteiger partial charge in [-0.3, -0.25) is 19.7 Å². The summed E-state index contributed by atoms with van der Waals surface area (Å²) in [5.41, 5.74) is 1.79. The molecule has 0 spiro atoms. The molecule has 1 aromatic rings. The van der Waals surface area contributed by atoms with Crippen LogP contribution < -0.4 is 5.32 Å². The second-order valence-corrected chi connectivity index (χ2v) is 7.51. The lowest BCUT2D eigenvalue weighted by Crippen LogP contribution is -2.52. The highest BCUT2D eigenvalue weighted by atomic mass is 19.1. The van der Waals surface area contributed by atoms with Gasteiger partial charge < -0.3 is 9.80 Å². The molecule has 0 aromatic heterocycles. The van der Waals surface area contributed by atoms with E-state index < -0.39 is 11.9 Å². The molecule has 1 N–H and O–H groups in total. The maximum Gasteiger partial charge on any atom is 0.255 e. The van der Waals surface area contributed by atoms with Crippen molar-refractivity contribution in [2.24, 2.45) is 0 Å². The number of carbonyl (C=O) groups is 3. The molecular weight excluding hydrogens is 337 g/mol. The summed E-state index contributed by atoms with van der Waals surface area (Å²) in [5.74, 6) is -1.26. The van der Waals surface area contributed by atoms with Crippen LogP contribution in [0, 0.1) is 5.82 Å². The number of rotatable bonds is 2. The molecule has 6 nitrogen and oxygen atoms in total. The molecule has 3 aliphatic heterocycles. The smallest absolute Gasteiger partial charge is 0.255 e. The number of likely N-dealkylation sites (tertiary alicyclic amines) is 1. The zero-order valence-corrected chi connectivity index (χ0v) is 14.8. The summed E-state index contributed by atoms with van der Waals surface area (Å²) < 4.78 is 14.7. The highest BCUT2D eigenvalue weighted by molar-refractivity contribution is 6.05. The van der Waals surface area contributed by atoms with Crippen LogP contribution in [0.2, 0.25) is 0 Å². The topological polar surface area (TPSA) is 69.7 Å².